The maximum Gasteiger partial charge on any atom is -0.0187 e. The van der Waals surface area contributed by atoms with E-state index in [9.17, 15) is 0 Å². The Kier molecular flexibility index (Phi) is 0.861. The number of hydrogen-bond donors (Lipinski definition) is 0. The molecule has 0 aromatic carbocycles. The Morgan fingerprint density at radius 3 is 2.57 bits per heavy atom. The van der Waals surface area contributed by atoms with E-state index in [-0.39, 0.29) is 0 Å². The summed E-state index contributed by atoms with van der Waals surface area (Å²) in [5.74, 6) is 0. The van der Waals surface area contributed by atoms with Crippen molar-refractivity contribution in [3.05, 3.63) is 36.0 Å². The maximum absolute atomic E-state index is 3.61. The number of allylic oxidation sites excluding steroid dienone is 5. The third-order valence-electron chi connectivity index (χ3n) is 1.09. The van der Waals surface area contributed by atoms with Crippen LogP contribution in [0.15, 0.2) is 36.0 Å². The lowest BCUT2D eigenvalue weighted by molar-refractivity contribution is 1.69. The minimum absolute atomic E-state index is 1.29. The lowest BCUT2D eigenvalue weighted by atomic mass is 10.4. The summed E-state index contributed by atoms with van der Waals surface area (Å²) in [5, 5.41) is 0. The molecule has 0 heteroatoms. The lowest BCUT2D eigenvalue weighted by Gasteiger charge is -1.68. The average Bonchev–Trinajstić information content (AvgIpc) is 2.43. The summed E-state index contributed by atoms with van der Waals surface area (Å²) in [5.41, 5.74) is 2.64. The largest absolute Gasteiger partial charge is 0.0984 e. The van der Waals surface area contributed by atoms with Gasteiger partial charge in [-0.2, -0.15) is 0 Å². The molecule has 0 saturated carbocycles. The molecular formula is C7H8. The average molecular weight is 92.1 g/mol. The predicted octanol–water partition coefficient (Wildman–Crippen LogP) is 2.06. The van der Waals surface area contributed by atoms with Gasteiger partial charge in [-0.1, -0.05) is 18.7 Å². The molecule has 0 heterocycles. The van der Waals surface area contributed by atoms with Gasteiger partial charge in [0.15, 0.2) is 0 Å². The molecule has 0 aromatic heterocycles. The zero-order chi connectivity index (χ0) is 5.28. The van der Waals surface area contributed by atoms with E-state index < -0.39 is 0 Å². The molecule has 0 fully saturated rings. The van der Waals surface area contributed by atoms with E-state index in [4.69, 9.17) is 0 Å². The smallest absolute Gasteiger partial charge is 0.0187 e. The van der Waals surface area contributed by atoms with Crippen molar-refractivity contribution in [2.24, 2.45) is 0 Å². The van der Waals surface area contributed by atoms with Crippen LogP contribution >= 0.6 is 0 Å². The van der Waals surface area contributed by atoms with E-state index >= 15 is 0 Å². The highest BCUT2D eigenvalue weighted by Gasteiger charge is 2.08. The van der Waals surface area contributed by atoms with Crippen LogP contribution in [0, 0.1) is 0 Å². The SMILES string of the molecule is C=CC1=CC/1=C/C. The molecular weight excluding hydrogens is 84.1 g/mol. The van der Waals surface area contributed by atoms with Crippen LogP contribution in [-0.2, 0) is 0 Å². The van der Waals surface area contributed by atoms with Crippen molar-refractivity contribution in [3.8, 4) is 0 Å². The second-order valence-corrected chi connectivity index (χ2v) is 1.55. The Morgan fingerprint density at radius 1 is 1.71 bits per heavy atom. The molecule has 1 aliphatic rings. The van der Waals surface area contributed by atoms with Crippen molar-refractivity contribution < 1.29 is 0 Å². The Balaban J connectivity index is 2.56. The van der Waals surface area contributed by atoms with Gasteiger partial charge < -0.3 is 0 Å². The quantitative estimate of drug-likeness (QED) is 0.464. The zero-order valence-electron chi connectivity index (χ0n) is 4.44. The molecule has 0 bridgehead atoms. The van der Waals surface area contributed by atoms with E-state index in [2.05, 4.69) is 18.7 Å². The molecule has 0 saturated heterocycles. The van der Waals surface area contributed by atoms with Crippen LogP contribution in [0.4, 0.5) is 0 Å². The van der Waals surface area contributed by atoms with E-state index in [1.807, 2.05) is 13.0 Å². The van der Waals surface area contributed by atoms with Gasteiger partial charge in [-0.05, 0) is 24.1 Å². The van der Waals surface area contributed by atoms with Crippen molar-refractivity contribution in [2.45, 2.75) is 6.92 Å². The Bertz CT molecular complexity index is 147. The summed E-state index contributed by atoms with van der Waals surface area (Å²) in [6, 6.07) is 0. The second kappa shape index (κ2) is 1.38. The molecule has 0 nitrogen and oxygen atoms in total. The second-order valence-electron chi connectivity index (χ2n) is 1.55. The first-order valence-electron chi connectivity index (χ1n) is 2.39. The standard InChI is InChI=1S/C7H8/c1-3-6-5-7(6)4-2/h3-5H,1H2,2H3/b7-4-. The molecule has 1 rings (SSSR count). The zero-order valence-corrected chi connectivity index (χ0v) is 4.44. The summed E-state index contributed by atoms with van der Waals surface area (Å²) in [7, 11) is 0. The van der Waals surface area contributed by atoms with Crippen molar-refractivity contribution in [1.29, 1.82) is 0 Å². The molecule has 0 spiro atoms. The molecule has 0 N–H and O–H groups in total. The van der Waals surface area contributed by atoms with Crippen molar-refractivity contribution in [2.75, 3.05) is 0 Å². The molecule has 7 heavy (non-hydrogen) atoms. The molecule has 0 aliphatic heterocycles. The Morgan fingerprint density at radius 2 is 2.43 bits per heavy atom. The highest BCUT2D eigenvalue weighted by Crippen LogP contribution is 2.27. The molecule has 1 aliphatic carbocycles. The number of rotatable bonds is 1. The molecule has 0 unspecified atom stereocenters. The van der Waals surface area contributed by atoms with Crippen molar-refractivity contribution >= 4 is 0 Å². The third-order valence-corrected chi connectivity index (χ3v) is 1.09. The Hall–Kier alpha value is -0.780. The summed E-state index contributed by atoms with van der Waals surface area (Å²) >= 11 is 0. The Labute approximate surface area is 43.9 Å². The fraction of sp³-hybridized carbons (Fsp3) is 0.143. The van der Waals surface area contributed by atoms with Crippen molar-refractivity contribution in [3.63, 3.8) is 0 Å². The first-order valence-corrected chi connectivity index (χ1v) is 2.39. The van der Waals surface area contributed by atoms with Crippen LogP contribution in [0.3, 0.4) is 0 Å². The first kappa shape index (κ1) is 4.38. The molecule has 0 radical (unpaired) electrons. The third kappa shape index (κ3) is 0.637. The van der Waals surface area contributed by atoms with Crippen LogP contribution in [0.1, 0.15) is 6.92 Å². The van der Waals surface area contributed by atoms with Gasteiger partial charge >= 0.3 is 0 Å². The fourth-order valence-corrected chi connectivity index (χ4v) is 0.558. The summed E-state index contributed by atoms with van der Waals surface area (Å²) in [4.78, 5) is 0. The van der Waals surface area contributed by atoms with E-state index in [0.29, 0.717) is 0 Å². The van der Waals surface area contributed by atoms with Crippen molar-refractivity contribution in [1.82, 2.24) is 0 Å². The van der Waals surface area contributed by atoms with Crippen LogP contribution in [0.25, 0.3) is 0 Å². The van der Waals surface area contributed by atoms with E-state index in [1.54, 1.807) is 0 Å². The van der Waals surface area contributed by atoms with Gasteiger partial charge in [0.2, 0.25) is 0 Å². The van der Waals surface area contributed by atoms with Crippen LogP contribution < -0.4 is 0 Å². The molecule has 0 aromatic rings. The topological polar surface area (TPSA) is 0 Å². The van der Waals surface area contributed by atoms with Gasteiger partial charge in [0.25, 0.3) is 0 Å². The predicted molar refractivity (Wildman–Crippen MR) is 32.0 cm³/mol. The molecule has 0 amide bonds. The maximum atomic E-state index is 3.61. The number of hydrogen-bond acceptors (Lipinski definition) is 0. The van der Waals surface area contributed by atoms with Crippen LogP contribution in [0.5, 0.6) is 0 Å². The van der Waals surface area contributed by atoms with Gasteiger partial charge in [0.1, 0.15) is 0 Å². The first-order chi connectivity index (χ1) is 3.38. The monoisotopic (exact) mass is 92.1 g/mol. The van der Waals surface area contributed by atoms with Gasteiger partial charge in [-0.25, -0.2) is 0 Å². The lowest BCUT2D eigenvalue weighted by Crippen LogP contribution is -1.49. The van der Waals surface area contributed by atoms with Gasteiger partial charge in [-0.15, -0.1) is 0 Å². The minimum Gasteiger partial charge on any atom is -0.0984 e. The minimum atomic E-state index is 1.29. The highest BCUT2D eigenvalue weighted by molar-refractivity contribution is 5.62. The summed E-state index contributed by atoms with van der Waals surface area (Å²) in [6.45, 7) is 5.64. The van der Waals surface area contributed by atoms with Gasteiger partial charge in [0.05, 0.1) is 0 Å². The van der Waals surface area contributed by atoms with Crippen LogP contribution in [-0.4, -0.2) is 0 Å². The fourth-order valence-electron chi connectivity index (χ4n) is 0.558. The molecule has 0 atom stereocenters. The molecule has 36 valence electrons. The van der Waals surface area contributed by atoms with Gasteiger partial charge in [0, 0.05) is 0 Å². The summed E-state index contributed by atoms with van der Waals surface area (Å²) in [6.07, 6.45) is 6.05. The normalized spacial score (nSPS) is 21.9. The van der Waals surface area contributed by atoms with Gasteiger partial charge in [-0.3, -0.25) is 0 Å². The summed E-state index contributed by atoms with van der Waals surface area (Å²) < 4.78 is 0. The highest BCUT2D eigenvalue weighted by atomic mass is 14.1. The van der Waals surface area contributed by atoms with Crippen LogP contribution in [0.2, 0.25) is 0 Å². The van der Waals surface area contributed by atoms with E-state index in [0.717, 1.165) is 0 Å². The van der Waals surface area contributed by atoms with E-state index in [1.165, 1.54) is 11.1 Å².